The molecule has 1 saturated heterocycles. The predicted molar refractivity (Wildman–Crippen MR) is 173 cm³/mol. The van der Waals surface area contributed by atoms with Crippen LogP contribution in [0.3, 0.4) is 0 Å². The van der Waals surface area contributed by atoms with Gasteiger partial charge in [0, 0.05) is 39.7 Å². The number of likely N-dealkylation sites (tertiary alicyclic amines) is 1. The third kappa shape index (κ3) is 5.64. The second-order valence-corrected chi connectivity index (χ2v) is 15.0. The van der Waals surface area contributed by atoms with Crippen molar-refractivity contribution in [3.63, 3.8) is 0 Å². The van der Waals surface area contributed by atoms with Gasteiger partial charge in [0.15, 0.2) is 6.61 Å². The number of carbonyl (C=O) groups excluding carboxylic acids is 3. The van der Waals surface area contributed by atoms with Crippen molar-refractivity contribution >= 4 is 64.1 Å². The van der Waals surface area contributed by atoms with Crippen molar-refractivity contribution in [2.24, 2.45) is 29.6 Å². The molecule has 10 nitrogen and oxygen atoms in total. The van der Waals surface area contributed by atoms with E-state index in [0.717, 1.165) is 21.9 Å². The molecular formula is C33H32ClN3O7S2. The third-order valence-electron chi connectivity index (χ3n) is 9.80. The molecule has 3 amide bonds. The van der Waals surface area contributed by atoms with Gasteiger partial charge in [-0.3, -0.25) is 28.9 Å². The van der Waals surface area contributed by atoms with E-state index in [1.165, 1.54) is 16.2 Å². The zero-order valence-electron chi connectivity index (χ0n) is 24.6. The molecule has 7 rings (SSSR count). The Kier molecular flexibility index (Phi) is 8.45. The number of thioether (sulfide) groups is 1. The smallest absolute Gasteiger partial charge is 0.305 e. The molecule has 4 aliphatic rings. The number of aliphatic carboxylic acids is 1. The fraction of sp³-hybridized carbons (Fsp3) is 0.424. The lowest BCUT2D eigenvalue weighted by Crippen LogP contribution is -2.42. The fourth-order valence-electron chi connectivity index (χ4n) is 8.07. The highest BCUT2D eigenvalue weighted by molar-refractivity contribution is 8.00. The molecule has 2 aliphatic heterocycles. The number of hydrogen-bond acceptors (Lipinski definition) is 8. The molecule has 0 radical (unpaired) electrons. The number of ether oxygens (including phenoxy) is 1. The molecule has 7 atom stereocenters. The number of carbonyl (C=O) groups is 4. The number of aromatic nitrogens is 1. The number of anilines is 1. The van der Waals surface area contributed by atoms with E-state index in [4.69, 9.17) is 21.4 Å². The number of imide groups is 1. The van der Waals surface area contributed by atoms with Crippen molar-refractivity contribution < 1.29 is 29.0 Å². The first kappa shape index (κ1) is 31.0. The lowest BCUT2D eigenvalue weighted by atomic mass is 9.68. The first-order valence-corrected chi connectivity index (χ1v) is 17.5. The Morgan fingerprint density at radius 1 is 1.02 bits per heavy atom. The molecule has 3 aromatic rings. The lowest BCUT2D eigenvalue weighted by molar-refractivity contribution is -0.141. The highest BCUT2D eigenvalue weighted by atomic mass is 35.5. The van der Waals surface area contributed by atoms with E-state index < -0.39 is 5.97 Å². The number of carboxylic acid groups (broad SMARTS) is 1. The Balaban J connectivity index is 1.10. The minimum absolute atomic E-state index is 0.00830. The van der Waals surface area contributed by atoms with Crippen LogP contribution in [-0.2, 0) is 19.2 Å². The summed E-state index contributed by atoms with van der Waals surface area (Å²) in [6.07, 6.45) is 2.62. The number of thiazole rings is 1. The Morgan fingerprint density at radius 3 is 2.54 bits per heavy atom. The van der Waals surface area contributed by atoms with Gasteiger partial charge in [-0.2, -0.15) is 0 Å². The molecule has 3 fully saturated rings. The first-order valence-electron chi connectivity index (χ1n) is 15.4. The number of amides is 3. The van der Waals surface area contributed by atoms with Crippen molar-refractivity contribution in [2.75, 3.05) is 18.5 Å². The van der Waals surface area contributed by atoms with E-state index in [2.05, 4.69) is 10.3 Å². The number of nitrogens with one attached hydrogen (secondary N) is 2. The van der Waals surface area contributed by atoms with Crippen LogP contribution in [0.15, 0.2) is 58.4 Å². The number of hydrogen-bond donors (Lipinski definition) is 3. The summed E-state index contributed by atoms with van der Waals surface area (Å²) in [7, 11) is 0. The van der Waals surface area contributed by atoms with E-state index in [-0.39, 0.29) is 76.4 Å². The minimum atomic E-state index is -0.847. The van der Waals surface area contributed by atoms with Crippen LogP contribution in [0, 0.1) is 29.6 Å². The number of unbranched alkanes of at least 4 members (excludes halogenated alkanes) is 2. The normalized spacial score (nSPS) is 27.3. The van der Waals surface area contributed by atoms with Gasteiger partial charge in [-0.1, -0.05) is 41.5 Å². The standard InChI is InChI=1S/C33H32ClN3O7S2/c34-17-8-10-18(11-9-17)35-22(38)15-44-19-6-4-5-16(13-19)24-25-20-14-21(28(25)45-30-29(24)46-33(43)36-30)27-26(20)31(41)37(32(27)42)12-3-1-2-7-23(39)40/h4-6,8-11,13,20-21,24-28H,1-3,7,12,14-15H2,(H,35,38)(H,36,43)(H,39,40)/t20?,21?,24-,25?,26?,27?,28?/m1/s1. The van der Waals surface area contributed by atoms with Crippen LogP contribution in [0.25, 0.3) is 0 Å². The summed E-state index contributed by atoms with van der Waals surface area (Å²) in [6, 6.07) is 14.4. The van der Waals surface area contributed by atoms with E-state index in [1.54, 1.807) is 42.1 Å². The van der Waals surface area contributed by atoms with Gasteiger partial charge < -0.3 is 20.1 Å². The highest BCUT2D eigenvalue weighted by Crippen LogP contribution is 2.68. The summed E-state index contributed by atoms with van der Waals surface area (Å²) >= 11 is 8.76. The van der Waals surface area contributed by atoms with Crippen molar-refractivity contribution in [2.45, 2.75) is 48.3 Å². The van der Waals surface area contributed by atoms with Crippen LogP contribution in [0.1, 0.15) is 48.5 Å². The summed E-state index contributed by atoms with van der Waals surface area (Å²) in [5.41, 5.74) is 1.55. The Labute approximate surface area is 277 Å². The third-order valence-corrected chi connectivity index (χ3v) is 12.6. The highest BCUT2D eigenvalue weighted by Gasteiger charge is 2.69. The Bertz CT molecular complexity index is 1760. The molecule has 2 bridgehead atoms. The monoisotopic (exact) mass is 681 g/mol. The maximum absolute atomic E-state index is 13.8. The number of fused-ring (bicyclic) bond motifs is 9. The van der Waals surface area contributed by atoms with Gasteiger partial charge in [-0.15, -0.1) is 11.8 Å². The summed E-state index contributed by atoms with van der Waals surface area (Å²) in [6.45, 7) is 0.125. The summed E-state index contributed by atoms with van der Waals surface area (Å²) < 4.78 is 5.90. The van der Waals surface area contributed by atoms with E-state index in [0.29, 0.717) is 42.3 Å². The van der Waals surface area contributed by atoms with Gasteiger partial charge in [0.25, 0.3) is 5.91 Å². The van der Waals surface area contributed by atoms with Crippen molar-refractivity contribution in [3.05, 3.63) is 73.7 Å². The van der Waals surface area contributed by atoms with Crippen LogP contribution in [0.5, 0.6) is 5.75 Å². The van der Waals surface area contributed by atoms with Crippen LogP contribution < -0.4 is 14.9 Å². The summed E-state index contributed by atoms with van der Waals surface area (Å²) in [5, 5.41) is 13.2. The quantitative estimate of drug-likeness (QED) is 0.184. The second-order valence-electron chi connectivity index (χ2n) is 12.4. The maximum Gasteiger partial charge on any atom is 0.305 e. The number of halogens is 1. The molecule has 46 heavy (non-hydrogen) atoms. The zero-order chi connectivity index (χ0) is 32.1. The fourth-order valence-corrected chi connectivity index (χ4v) is 11.1. The topological polar surface area (TPSA) is 146 Å². The van der Waals surface area contributed by atoms with Gasteiger partial charge in [-0.25, -0.2) is 0 Å². The van der Waals surface area contributed by atoms with Crippen molar-refractivity contribution in [3.8, 4) is 5.75 Å². The molecule has 3 heterocycles. The summed E-state index contributed by atoms with van der Waals surface area (Å²) in [4.78, 5) is 68.7. The molecule has 6 unspecified atom stereocenters. The molecule has 2 saturated carbocycles. The number of rotatable bonds is 11. The van der Waals surface area contributed by atoms with E-state index in [9.17, 15) is 24.0 Å². The van der Waals surface area contributed by atoms with Gasteiger partial charge >= 0.3 is 10.8 Å². The van der Waals surface area contributed by atoms with Crippen molar-refractivity contribution in [1.29, 1.82) is 0 Å². The maximum atomic E-state index is 13.8. The molecule has 240 valence electrons. The van der Waals surface area contributed by atoms with Gasteiger partial charge in [-0.05, 0) is 79.0 Å². The van der Waals surface area contributed by atoms with Crippen LogP contribution in [0.2, 0.25) is 5.02 Å². The SMILES string of the molecule is O=C(O)CCCCCN1C(=O)C2C3CC(C2C1=O)C1C3Sc2[nH]c(=O)sc2[C@@H]1c1cccc(OCC(=O)Nc2ccc(Cl)cc2)c1. The van der Waals surface area contributed by atoms with E-state index >= 15 is 0 Å². The largest absolute Gasteiger partial charge is 0.484 e. The number of aromatic amines is 1. The van der Waals surface area contributed by atoms with E-state index in [1.807, 2.05) is 18.2 Å². The Hall–Kier alpha value is -3.61. The number of carboxylic acids is 1. The number of nitrogens with zero attached hydrogens (tertiary/aromatic N) is 1. The molecule has 2 aromatic carbocycles. The average Bonchev–Trinajstić information content (AvgIpc) is 3.76. The molecule has 2 aliphatic carbocycles. The minimum Gasteiger partial charge on any atom is -0.484 e. The molecule has 3 N–H and O–H groups in total. The molecular weight excluding hydrogens is 650 g/mol. The first-order chi connectivity index (χ1) is 22.2. The lowest BCUT2D eigenvalue weighted by Gasteiger charge is -2.43. The van der Waals surface area contributed by atoms with Gasteiger partial charge in [0.2, 0.25) is 11.8 Å². The zero-order valence-corrected chi connectivity index (χ0v) is 27.0. The second kappa shape index (κ2) is 12.5. The Morgan fingerprint density at radius 2 is 1.78 bits per heavy atom. The molecule has 0 spiro atoms. The number of H-pyrrole nitrogens is 1. The van der Waals surface area contributed by atoms with Crippen LogP contribution in [0.4, 0.5) is 5.69 Å². The molecule has 13 heteroatoms. The van der Waals surface area contributed by atoms with Crippen LogP contribution >= 0.6 is 34.7 Å². The van der Waals surface area contributed by atoms with Crippen molar-refractivity contribution in [1.82, 2.24) is 9.88 Å². The van der Waals surface area contributed by atoms with Gasteiger partial charge in [0.1, 0.15) is 5.75 Å². The van der Waals surface area contributed by atoms with Crippen LogP contribution in [-0.4, -0.2) is 57.1 Å². The van der Waals surface area contributed by atoms with Gasteiger partial charge in [0.05, 0.1) is 16.9 Å². The predicted octanol–water partition coefficient (Wildman–Crippen LogP) is 5.23. The number of benzene rings is 2. The average molecular weight is 682 g/mol. The summed E-state index contributed by atoms with van der Waals surface area (Å²) in [5.74, 6) is -1.70. The molecule has 1 aromatic heterocycles.